The summed E-state index contributed by atoms with van der Waals surface area (Å²) < 4.78 is 0.858. The number of nitrogens with one attached hydrogen (secondary N) is 1. The van der Waals surface area contributed by atoms with Crippen LogP contribution in [0.3, 0.4) is 0 Å². The van der Waals surface area contributed by atoms with Gasteiger partial charge in [0.2, 0.25) is 0 Å². The first-order valence-electron chi connectivity index (χ1n) is 3.54. The van der Waals surface area contributed by atoms with Crippen LogP contribution in [0.25, 0.3) is 5.57 Å². The first kappa shape index (κ1) is 9.95. The molecule has 0 aliphatic heterocycles. The molecule has 0 aromatic heterocycles. The number of hydrogen-bond donors (Lipinski definition) is 2. The van der Waals surface area contributed by atoms with E-state index in [1.807, 2.05) is 6.07 Å². The molecule has 0 unspecified atom stereocenters. The van der Waals surface area contributed by atoms with E-state index in [-0.39, 0.29) is 5.57 Å². The molecule has 0 aliphatic rings. The van der Waals surface area contributed by atoms with Crippen molar-refractivity contribution >= 4 is 27.4 Å². The molecular formula is C9H8BrNO2. The molecule has 1 rings (SSSR count). The summed E-state index contributed by atoms with van der Waals surface area (Å²) in [5.74, 6) is -0.599. The SMILES string of the molecule is C=C(C(=O)NO)c1cccc(Br)c1. The number of rotatable bonds is 2. The maximum absolute atomic E-state index is 10.9. The minimum atomic E-state index is -0.599. The van der Waals surface area contributed by atoms with Crippen LogP contribution in [0.4, 0.5) is 0 Å². The second-order valence-corrected chi connectivity index (χ2v) is 3.35. The number of hydroxylamine groups is 1. The second kappa shape index (κ2) is 4.20. The van der Waals surface area contributed by atoms with Gasteiger partial charge in [-0.3, -0.25) is 10.0 Å². The molecule has 0 bridgehead atoms. The van der Waals surface area contributed by atoms with Gasteiger partial charge in [-0.05, 0) is 17.7 Å². The zero-order valence-corrected chi connectivity index (χ0v) is 8.34. The van der Waals surface area contributed by atoms with Crippen molar-refractivity contribution in [2.45, 2.75) is 0 Å². The number of carbonyl (C=O) groups is 1. The summed E-state index contributed by atoms with van der Waals surface area (Å²) in [4.78, 5) is 10.9. The van der Waals surface area contributed by atoms with Gasteiger partial charge in [-0.2, -0.15) is 0 Å². The first-order valence-corrected chi connectivity index (χ1v) is 4.33. The fourth-order valence-electron chi connectivity index (χ4n) is 0.875. The van der Waals surface area contributed by atoms with Gasteiger partial charge >= 0.3 is 0 Å². The van der Waals surface area contributed by atoms with Gasteiger partial charge in [0.1, 0.15) is 0 Å². The third kappa shape index (κ3) is 2.40. The van der Waals surface area contributed by atoms with E-state index < -0.39 is 5.91 Å². The summed E-state index contributed by atoms with van der Waals surface area (Å²) in [7, 11) is 0. The number of hydrogen-bond acceptors (Lipinski definition) is 2. The van der Waals surface area contributed by atoms with Gasteiger partial charge < -0.3 is 0 Å². The fourth-order valence-corrected chi connectivity index (χ4v) is 1.27. The molecule has 0 radical (unpaired) electrons. The monoisotopic (exact) mass is 241 g/mol. The van der Waals surface area contributed by atoms with Crippen LogP contribution in [0.2, 0.25) is 0 Å². The Kier molecular flexibility index (Phi) is 3.22. The highest BCUT2D eigenvalue weighted by atomic mass is 79.9. The average molecular weight is 242 g/mol. The van der Waals surface area contributed by atoms with Gasteiger partial charge in [0.25, 0.3) is 5.91 Å². The number of carbonyl (C=O) groups excluding carboxylic acids is 1. The predicted molar refractivity (Wildman–Crippen MR) is 53.1 cm³/mol. The molecule has 0 spiro atoms. The Morgan fingerprint density at radius 1 is 1.54 bits per heavy atom. The number of halogens is 1. The lowest BCUT2D eigenvalue weighted by molar-refractivity contribution is -0.123. The van der Waals surface area contributed by atoms with E-state index in [0.29, 0.717) is 5.56 Å². The standard InChI is InChI=1S/C9H8BrNO2/c1-6(9(12)11-13)7-3-2-4-8(10)5-7/h2-5,13H,1H2,(H,11,12). The van der Waals surface area contributed by atoms with Gasteiger partial charge in [-0.1, -0.05) is 34.6 Å². The zero-order valence-electron chi connectivity index (χ0n) is 6.75. The Bertz CT molecular complexity index is 349. The molecular weight excluding hydrogens is 234 g/mol. The van der Waals surface area contributed by atoms with E-state index in [1.54, 1.807) is 18.2 Å². The molecule has 13 heavy (non-hydrogen) atoms. The Morgan fingerprint density at radius 2 is 2.23 bits per heavy atom. The molecule has 2 N–H and O–H groups in total. The van der Waals surface area contributed by atoms with Crippen molar-refractivity contribution in [1.82, 2.24) is 5.48 Å². The van der Waals surface area contributed by atoms with Crippen LogP contribution >= 0.6 is 15.9 Å². The molecule has 0 heterocycles. The van der Waals surface area contributed by atoms with Crippen molar-refractivity contribution in [3.05, 3.63) is 40.9 Å². The first-order chi connectivity index (χ1) is 6.15. The van der Waals surface area contributed by atoms with E-state index in [4.69, 9.17) is 5.21 Å². The quantitative estimate of drug-likeness (QED) is 0.473. The molecule has 0 aliphatic carbocycles. The highest BCUT2D eigenvalue weighted by Gasteiger charge is 2.07. The van der Waals surface area contributed by atoms with Crippen LogP contribution in [0.5, 0.6) is 0 Å². The summed E-state index contributed by atoms with van der Waals surface area (Å²) >= 11 is 3.27. The Morgan fingerprint density at radius 3 is 2.77 bits per heavy atom. The van der Waals surface area contributed by atoms with E-state index in [2.05, 4.69) is 22.5 Å². The van der Waals surface area contributed by atoms with Crippen molar-refractivity contribution in [2.24, 2.45) is 0 Å². The minimum Gasteiger partial charge on any atom is -0.288 e. The maximum Gasteiger partial charge on any atom is 0.274 e. The van der Waals surface area contributed by atoms with Crippen LogP contribution in [-0.4, -0.2) is 11.1 Å². The zero-order chi connectivity index (χ0) is 9.84. The van der Waals surface area contributed by atoms with Gasteiger partial charge in [0, 0.05) is 10.0 Å². The van der Waals surface area contributed by atoms with Crippen LogP contribution in [0.1, 0.15) is 5.56 Å². The third-order valence-corrected chi connectivity index (χ3v) is 2.04. The van der Waals surface area contributed by atoms with Gasteiger partial charge in [0.15, 0.2) is 0 Å². The maximum atomic E-state index is 10.9. The lowest BCUT2D eigenvalue weighted by Crippen LogP contribution is -2.19. The molecule has 3 nitrogen and oxygen atoms in total. The average Bonchev–Trinajstić information content (AvgIpc) is 2.15. The molecule has 68 valence electrons. The second-order valence-electron chi connectivity index (χ2n) is 2.43. The Labute approximate surface area is 84.2 Å². The molecule has 0 saturated carbocycles. The van der Waals surface area contributed by atoms with E-state index in [0.717, 1.165) is 4.47 Å². The van der Waals surface area contributed by atoms with Gasteiger partial charge in [-0.15, -0.1) is 0 Å². The molecule has 0 fully saturated rings. The lowest BCUT2D eigenvalue weighted by Gasteiger charge is -2.03. The van der Waals surface area contributed by atoms with Crippen LogP contribution in [0.15, 0.2) is 35.3 Å². The number of benzene rings is 1. The fraction of sp³-hybridized carbons (Fsp3) is 0. The van der Waals surface area contributed by atoms with E-state index in [9.17, 15) is 4.79 Å². The van der Waals surface area contributed by atoms with Crippen molar-refractivity contribution in [3.63, 3.8) is 0 Å². The molecule has 0 saturated heterocycles. The molecule has 1 amide bonds. The summed E-state index contributed by atoms with van der Waals surface area (Å²) in [6.45, 7) is 3.54. The van der Waals surface area contributed by atoms with Gasteiger partial charge in [0.05, 0.1) is 0 Å². The van der Waals surface area contributed by atoms with E-state index >= 15 is 0 Å². The summed E-state index contributed by atoms with van der Waals surface area (Å²) in [5, 5.41) is 8.36. The van der Waals surface area contributed by atoms with E-state index in [1.165, 1.54) is 5.48 Å². The smallest absolute Gasteiger partial charge is 0.274 e. The lowest BCUT2D eigenvalue weighted by atomic mass is 10.1. The normalized spacial score (nSPS) is 9.38. The third-order valence-electron chi connectivity index (χ3n) is 1.55. The summed E-state index contributed by atoms with van der Waals surface area (Å²) in [5.41, 5.74) is 2.42. The molecule has 1 aromatic rings. The topological polar surface area (TPSA) is 49.3 Å². The minimum absolute atomic E-state index is 0.226. The predicted octanol–water partition coefficient (Wildman–Crippen LogP) is 1.97. The largest absolute Gasteiger partial charge is 0.288 e. The highest BCUT2D eigenvalue weighted by molar-refractivity contribution is 9.10. The Balaban J connectivity index is 2.95. The summed E-state index contributed by atoms with van der Waals surface area (Å²) in [6.07, 6.45) is 0. The Hall–Kier alpha value is -1.13. The van der Waals surface area contributed by atoms with Crippen molar-refractivity contribution in [2.75, 3.05) is 0 Å². The molecule has 0 atom stereocenters. The molecule has 4 heteroatoms. The van der Waals surface area contributed by atoms with Crippen molar-refractivity contribution < 1.29 is 10.0 Å². The molecule has 1 aromatic carbocycles. The van der Waals surface area contributed by atoms with Gasteiger partial charge in [-0.25, -0.2) is 5.48 Å². The van der Waals surface area contributed by atoms with Crippen LogP contribution in [-0.2, 0) is 4.79 Å². The van der Waals surface area contributed by atoms with Crippen molar-refractivity contribution in [3.8, 4) is 0 Å². The highest BCUT2D eigenvalue weighted by Crippen LogP contribution is 2.17. The van der Waals surface area contributed by atoms with Crippen LogP contribution < -0.4 is 5.48 Å². The number of amides is 1. The summed E-state index contributed by atoms with van der Waals surface area (Å²) in [6, 6.07) is 7.11. The van der Waals surface area contributed by atoms with Crippen LogP contribution in [0, 0.1) is 0 Å². The van der Waals surface area contributed by atoms with Crippen molar-refractivity contribution in [1.29, 1.82) is 0 Å².